The fourth-order valence-corrected chi connectivity index (χ4v) is 1.55. The van der Waals surface area contributed by atoms with E-state index in [0.29, 0.717) is 12.4 Å². The average molecular weight is 249 g/mol. The third-order valence-corrected chi connectivity index (χ3v) is 2.43. The Kier molecular flexibility index (Phi) is 3.43. The minimum atomic E-state index is -0.550. The Morgan fingerprint density at radius 1 is 1.39 bits per heavy atom. The zero-order chi connectivity index (χ0) is 13.1. The number of carbonyl (C=O) groups excluding carboxylic acids is 1. The number of hydrogen-bond donors (Lipinski definition) is 1. The lowest BCUT2D eigenvalue weighted by Crippen LogP contribution is -2.02. The van der Waals surface area contributed by atoms with Crippen molar-refractivity contribution < 1.29 is 18.3 Å². The molecule has 0 fully saturated rings. The Morgan fingerprint density at radius 2 is 2.17 bits per heavy atom. The van der Waals surface area contributed by atoms with Crippen molar-refractivity contribution in [3.63, 3.8) is 0 Å². The molecule has 94 valence electrons. The topological polar surface area (TPSA) is 65.5 Å². The molecule has 2 rings (SSSR count). The van der Waals surface area contributed by atoms with Gasteiger partial charge in [0.15, 0.2) is 5.76 Å². The number of hydrogen-bond acceptors (Lipinski definition) is 4. The van der Waals surface area contributed by atoms with E-state index in [1.165, 1.54) is 19.2 Å². The summed E-state index contributed by atoms with van der Waals surface area (Å²) in [6.45, 7) is 0.291. The summed E-state index contributed by atoms with van der Waals surface area (Å²) >= 11 is 0. The Morgan fingerprint density at radius 3 is 2.83 bits per heavy atom. The van der Waals surface area contributed by atoms with E-state index < -0.39 is 5.82 Å². The first-order chi connectivity index (χ1) is 8.61. The predicted octanol–water partition coefficient (Wildman–Crippen LogP) is 2.38. The fourth-order valence-electron chi connectivity index (χ4n) is 1.55. The first kappa shape index (κ1) is 12.3. The first-order valence-corrected chi connectivity index (χ1v) is 5.29. The lowest BCUT2D eigenvalue weighted by Gasteiger charge is -2.01. The molecule has 0 atom stereocenters. The van der Waals surface area contributed by atoms with Crippen molar-refractivity contribution in [1.82, 2.24) is 0 Å². The molecule has 0 spiro atoms. The van der Waals surface area contributed by atoms with Crippen LogP contribution in [-0.4, -0.2) is 12.9 Å². The zero-order valence-electron chi connectivity index (χ0n) is 9.77. The molecule has 0 saturated heterocycles. The van der Waals surface area contributed by atoms with Crippen LogP contribution in [0.25, 0.3) is 0 Å². The number of carbonyl (C=O) groups is 1. The second kappa shape index (κ2) is 5.01. The largest absolute Gasteiger partial charge is 0.455 e. The maximum absolute atomic E-state index is 13.0. The SMILES string of the molecule is COCc1ccc(C(=O)c2ccc(F)c(N)c2)o1. The van der Waals surface area contributed by atoms with Crippen LogP contribution in [0, 0.1) is 5.82 Å². The van der Waals surface area contributed by atoms with Gasteiger partial charge in [0.05, 0.1) is 5.69 Å². The minimum absolute atomic E-state index is 0.0653. The van der Waals surface area contributed by atoms with Crippen LogP contribution in [0.3, 0.4) is 0 Å². The number of methoxy groups -OCH3 is 1. The highest BCUT2D eigenvalue weighted by Gasteiger charge is 2.14. The van der Waals surface area contributed by atoms with Gasteiger partial charge in [-0.1, -0.05) is 0 Å². The summed E-state index contributed by atoms with van der Waals surface area (Å²) in [5.41, 5.74) is 5.63. The predicted molar refractivity (Wildman–Crippen MR) is 63.7 cm³/mol. The van der Waals surface area contributed by atoms with Gasteiger partial charge in [0.25, 0.3) is 0 Å². The summed E-state index contributed by atoms with van der Waals surface area (Å²) in [6, 6.07) is 7.02. The van der Waals surface area contributed by atoms with E-state index in [1.807, 2.05) is 0 Å². The average Bonchev–Trinajstić information content (AvgIpc) is 2.81. The van der Waals surface area contributed by atoms with Gasteiger partial charge in [-0.2, -0.15) is 0 Å². The Labute approximate surface area is 103 Å². The van der Waals surface area contributed by atoms with Gasteiger partial charge in [-0.05, 0) is 30.3 Å². The van der Waals surface area contributed by atoms with E-state index in [9.17, 15) is 9.18 Å². The number of ketones is 1. The van der Waals surface area contributed by atoms with Crippen molar-refractivity contribution in [2.45, 2.75) is 6.61 Å². The summed E-state index contributed by atoms with van der Waals surface area (Å²) in [4.78, 5) is 12.0. The summed E-state index contributed by atoms with van der Waals surface area (Å²) in [7, 11) is 1.53. The summed E-state index contributed by atoms with van der Waals surface area (Å²) in [5, 5.41) is 0. The molecule has 1 aromatic heterocycles. The molecule has 0 radical (unpaired) electrons. The molecule has 5 heteroatoms. The normalized spacial score (nSPS) is 10.6. The number of benzene rings is 1. The lowest BCUT2D eigenvalue weighted by molar-refractivity contribution is 0.1000. The molecular formula is C13H12FNO3. The lowest BCUT2D eigenvalue weighted by atomic mass is 10.1. The van der Waals surface area contributed by atoms with Gasteiger partial charge >= 0.3 is 0 Å². The fraction of sp³-hybridized carbons (Fsp3) is 0.154. The van der Waals surface area contributed by atoms with E-state index in [2.05, 4.69) is 0 Å². The van der Waals surface area contributed by atoms with Crippen molar-refractivity contribution in [1.29, 1.82) is 0 Å². The van der Waals surface area contributed by atoms with Crippen molar-refractivity contribution >= 4 is 11.5 Å². The molecule has 0 saturated carbocycles. The van der Waals surface area contributed by atoms with Crippen LogP contribution in [-0.2, 0) is 11.3 Å². The molecule has 2 N–H and O–H groups in total. The minimum Gasteiger partial charge on any atom is -0.455 e. The quantitative estimate of drug-likeness (QED) is 0.667. The monoisotopic (exact) mass is 249 g/mol. The van der Waals surface area contributed by atoms with E-state index in [1.54, 1.807) is 12.1 Å². The standard InChI is InChI=1S/C13H12FNO3/c1-17-7-9-3-5-12(18-9)13(16)8-2-4-10(14)11(15)6-8/h2-6H,7,15H2,1H3. The molecule has 4 nitrogen and oxygen atoms in total. The van der Waals surface area contributed by atoms with Crippen molar-refractivity contribution in [3.05, 3.63) is 53.2 Å². The second-order valence-electron chi connectivity index (χ2n) is 3.76. The molecule has 0 aliphatic heterocycles. The number of halogens is 1. The van der Waals surface area contributed by atoms with Gasteiger partial charge in [-0.3, -0.25) is 4.79 Å². The Bertz CT molecular complexity index is 577. The number of nitrogens with two attached hydrogens (primary N) is 1. The van der Waals surface area contributed by atoms with Crippen LogP contribution in [0.5, 0.6) is 0 Å². The van der Waals surface area contributed by atoms with Crippen LogP contribution in [0.15, 0.2) is 34.7 Å². The van der Waals surface area contributed by atoms with Crippen LogP contribution in [0.1, 0.15) is 21.9 Å². The van der Waals surface area contributed by atoms with Crippen molar-refractivity contribution in [2.75, 3.05) is 12.8 Å². The maximum Gasteiger partial charge on any atom is 0.228 e. The maximum atomic E-state index is 13.0. The highest BCUT2D eigenvalue weighted by molar-refractivity contribution is 6.07. The summed E-state index contributed by atoms with van der Waals surface area (Å²) < 4.78 is 23.2. The molecule has 0 bridgehead atoms. The van der Waals surface area contributed by atoms with Gasteiger partial charge in [0.1, 0.15) is 18.2 Å². The van der Waals surface area contributed by atoms with Gasteiger partial charge in [-0.15, -0.1) is 0 Å². The smallest absolute Gasteiger partial charge is 0.228 e. The number of nitrogen functional groups attached to an aromatic ring is 1. The van der Waals surface area contributed by atoms with Crippen LogP contribution in [0.4, 0.5) is 10.1 Å². The van der Waals surface area contributed by atoms with Gasteiger partial charge in [0.2, 0.25) is 5.78 Å². The molecule has 1 heterocycles. The van der Waals surface area contributed by atoms with Crippen LogP contribution >= 0.6 is 0 Å². The van der Waals surface area contributed by atoms with Crippen molar-refractivity contribution in [3.8, 4) is 0 Å². The number of rotatable bonds is 4. The molecule has 2 aromatic rings. The highest BCUT2D eigenvalue weighted by atomic mass is 19.1. The van der Waals surface area contributed by atoms with E-state index in [0.717, 1.165) is 6.07 Å². The van der Waals surface area contributed by atoms with Gasteiger partial charge in [0, 0.05) is 12.7 Å². The molecule has 0 unspecified atom stereocenters. The Balaban J connectivity index is 2.26. The Hall–Kier alpha value is -2.14. The number of furan rings is 1. The van der Waals surface area contributed by atoms with Gasteiger partial charge < -0.3 is 14.9 Å². The summed E-state index contributed by atoms with van der Waals surface area (Å²) in [6.07, 6.45) is 0. The molecular weight excluding hydrogens is 237 g/mol. The third-order valence-electron chi connectivity index (χ3n) is 2.43. The highest BCUT2D eigenvalue weighted by Crippen LogP contribution is 2.18. The molecule has 0 aliphatic carbocycles. The number of ether oxygens (including phenoxy) is 1. The third kappa shape index (κ3) is 2.41. The second-order valence-corrected chi connectivity index (χ2v) is 3.76. The van der Waals surface area contributed by atoms with E-state index in [4.69, 9.17) is 14.9 Å². The van der Waals surface area contributed by atoms with E-state index in [-0.39, 0.29) is 22.8 Å². The van der Waals surface area contributed by atoms with Crippen LogP contribution < -0.4 is 5.73 Å². The van der Waals surface area contributed by atoms with Crippen LogP contribution in [0.2, 0.25) is 0 Å². The molecule has 1 aromatic carbocycles. The summed E-state index contributed by atoms with van der Waals surface area (Å²) in [5.74, 6) is -0.167. The molecule has 18 heavy (non-hydrogen) atoms. The van der Waals surface area contributed by atoms with Gasteiger partial charge in [-0.25, -0.2) is 4.39 Å². The molecule has 0 amide bonds. The van der Waals surface area contributed by atoms with E-state index >= 15 is 0 Å². The molecule has 0 aliphatic rings. The zero-order valence-corrected chi connectivity index (χ0v) is 9.77. The number of anilines is 1. The first-order valence-electron chi connectivity index (χ1n) is 5.29. The van der Waals surface area contributed by atoms with Crippen molar-refractivity contribution in [2.24, 2.45) is 0 Å².